The van der Waals surface area contributed by atoms with Crippen LogP contribution >= 0.6 is 0 Å². The molecule has 0 aromatic rings. The van der Waals surface area contributed by atoms with Crippen molar-refractivity contribution < 1.29 is 14.7 Å². The van der Waals surface area contributed by atoms with Gasteiger partial charge >= 0.3 is 12.0 Å². The first-order chi connectivity index (χ1) is 6.93. The number of carbonyl (C=O) groups is 2. The highest BCUT2D eigenvalue weighted by Gasteiger charge is 2.19. The van der Waals surface area contributed by atoms with E-state index in [4.69, 9.17) is 5.11 Å². The molecular formula is C10H20N2O3. The molecule has 0 saturated heterocycles. The molecule has 0 fully saturated rings. The highest BCUT2D eigenvalue weighted by Crippen LogP contribution is 2.02. The fourth-order valence-corrected chi connectivity index (χ4v) is 1.30. The molecule has 0 aliphatic heterocycles. The summed E-state index contributed by atoms with van der Waals surface area (Å²) in [5, 5.41) is 8.71. The van der Waals surface area contributed by atoms with Crippen LogP contribution in [0.2, 0.25) is 0 Å². The normalized spacial score (nSPS) is 12.0. The zero-order chi connectivity index (χ0) is 12.0. The molecule has 0 aliphatic carbocycles. The van der Waals surface area contributed by atoms with Crippen molar-refractivity contribution in [2.75, 3.05) is 26.7 Å². The maximum Gasteiger partial charge on any atom is 0.319 e. The monoisotopic (exact) mass is 216 g/mol. The first-order valence-electron chi connectivity index (χ1n) is 5.16. The highest BCUT2D eigenvalue weighted by atomic mass is 16.4. The van der Waals surface area contributed by atoms with E-state index in [1.54, 1.807) is 18.9 Å². The molecule has 15 heavy (non-hydrogen) atoms. The van der Waals surface area contributed by atoms with Gasteiger partial charge in [0.25, 0.3) is 0 Å². The minimum absolute atomic E-state index is 0.117. The summed E-state index contributed by atoms with van der Waals surface area (Å²) in [4.78, 5) is 25.4. The van der Waals surface area contributed by atoms with Crippen molar-refractivity contribution in [3.05, 3.63) is 0 Å². The summed E-state index contributed by atoms with van der Waals surface area (Å²) in [6.07, 6.45) is 0. The van der Waals surface area contributed by atoms with Gasteiger partial charge in [-0.3, -0.25) is 4.79 Å². The molecule has 1 N–H and O–H groups in total. The van der Waals surface area contributed by atoms with Crippen molar-refractivity contribution in [1.82, 2.24) is 9.80 Å². The summed E-state index contributed by atoms with van der Waals surface area (Å²) >= 11 is 0. The van der Waals surface area contributed by atoms with Crippen LogP contribution in [0.25, 0.3) is 0 Å². The Balaban J connectivity index is 4.26. The molecule has 1 atom stereocenters. The number of nitrogens with zero attached hydrogens (tertiary/aromatic N) is 2. The smallest absolute Gasteiger partial charge is 0.319 e. The summed E-state index contributed by atoms with van der Waals surface area (Å²) in [5.41, 5.74) is 0. The van der Waals surface area contributed by atoms with Crippen LogP contribution in [0, 0.1) is 5.92 Å². The Morgan fingerprint density at radius 2 is 1.73 bits per heavy atom. The molecular weight excluding hydrogens is 196 g/mol. The van der Waals surface area contributed by atoms with Gasteiger partial charge in [-0.1, -0.05) is 6.92 Å². The lowest BCUT2D eigenvalue weighted by atomic mass is 10.2. The van der Waals surface area contributed by atoms with Crippen LogP contribution in [0.4, 0.5) is 4.79 Å². The Morgan fingerprint density at radius 1 is 1.27 bits per heavy atom. The van der Waals surface area contributed by atoms with Gasteiger partial charge in [0, 0.05) is 26.7 Å². The third kappa shape index (κ3) is 4.18. The van der Waals surface area contributed by atoms with E-state index in [1.165, 1.54) is 4.90 Å². The SMILES string of the molecule is CCN(CC)C(=O)N(C)CC(C)C(=O)O. The van der Waals surface area contributed by atoms with Crippen LogP contribution in [-0.4, -0.2) is 53.6 Å². The van der Waals surface area contributed by atoms with Gasteiger partial charge in [0.1, 0.15) is 0 Å². The number of aliphatic carboxylic acids is 1. The van der Waals surface area contributed by atoms with Gasteiger partial charge in [-0.15, -0.1) is 0 Å². The first-order valence-corrected chi connectivity index (χ1v) is 5.16. The average molecular weight is 216 g/mol. The van der Waals surface area contributed by atoms with Crippen molar-refractivity contribution in [3.8, 4) is 0 Å². The van der Waals surface area contributed by atoms with Crippen LogP contribution < -0.4 is 0 Å². The van der Waals surface area contributed by atoms with Crippen molar-refractivity contribution in [1.29, 1.82) is 0 Å². The number of rotatable bonds is 5. The first kappa shape index (κ1) is 13.7. The zero-order valence-electron chi connectivity index (χ0n) is 9.86. The van der Waals surface area contributed by atoms with Gasteiger partial charge in [-0.05, 0) is 13.8 Å². The highest BCUT2D eigenvalue weighted by molar-refractivity contribution is 5.75. The van der Waals surface area contributed by atoms with E-state index < -0.39 is 11.9 Å². The summed E-state index contributed by atoms with van der Waals surface area (Å²) in [6.45, 7) is 6.91. The van der Waals surface area contributed by atoms with E-state index in [2.05, 4.69) is 0 Å². The summed E-state index contributed by atoms with van der Waals surface area (Å²) < 4.78 is 0. The molecule has 1 unspecified atom stereocenters. The van der Waals surface area contributed by atoms with Gasteiger partial charge < -0.3 is 14.9 Å². The molecule has 0 heterocycles. The van der Waals surface area contributed by atoms with Crippen molar-refractivity contribution in [2.45, 2.75) is 20.8 Å². The Labute approximate surface area is 90.7 Å². The van der Waals surface area contributed by atoms with Crippen molar-refractivity contribution >= 4 is 12.0 Å². The lowest BCUT2D eigenvalue weighted by molar-refractivity contribution is -0.141. The lowest BCUT2D eigenvalue weighted by Gasteiger charge is -2.27. The predicted octanol–water partition coefficient (Wildman–Crippen LogP) is 1.10. The summed E-state index contributed by atoms with van der Waals surface area (Å²) in [7, 11) is 1.63. The minimum Gasteiger partial charge on any atom is -0.481 e. The van der Waals surface area contributed by atoms with Gasteiger partial charge in [-0.25, -0.2) is 4.79 Å². The van der Waals surface area contributed by atoms with Gasteiger partial charge in [0.05, 0.1) is 5.92 Å². The zero-order valence-corrected chi connectivity index (χ0v) is 9.86. The molecule has 5 heteroatoms. The second kappa shape index (κ2) is 6.27. The minimum atomic E-state index is -0.880. The van der Waals surface area contributed by atoms with Crippen LogP contribution in [0.5, 0.6) is 0 Å². The third-order valence-electron chi connectivity index (χ3n) is 2.33. The molecule has 0 aromatic heterocycles. The molecule has 0 spiro atoms. The summed E-state index contributed by atoms with van der Waals surface area (Å²) in [5.74, 6) is -1.41. The number of carboxylic acids is 1. The second-order valence-corrected chi connectivity index (χ2v) is 3.57. The topological polar surface area (TPSA) is 60.9 Å². The Hall–Kier alpha value is -1.26. The molecule has 0 bridgehead atoms. The Bertz CT molecular complexity index is 227. The number of carbonyl (C=O) groups excluding carboxylic acids is 1. The van der Waals surface area contributed by atoms with Crippen LogP contribution in [0.1, 0.15) is 20.8 Å². The van der Waals surface area contributed by atoms with Crippen molar-refractivity contribution in [3.63, 3.8) is 0 Å². The number of urea groups is 1. The maximum atomic E-state index is 11.7. The Kier molecular flexibility index (Phi) is 5.74. The third-order valence-corrected chi connectivity index (χ3v) is 2.33. The van der Waals surface area contributed by atoms with E-state index in [1.807, 2.05) is 13.8 Å². The number of carboxylic acid groups (broad SMARTS) is 1. The number of hydrogen-bond acceptors (Lipinski definition) is 2. The molecule has 0 radical (unpaired) electrons. The molecule has 88 valence electrons. The van der Waals surface area contributed by atoms with Crippen LogP contribution in [0.15, 0.2) is 0 Å². The average Bonchev–Trinajstić information content (AvgIpc) is 2.19. The molecule has 0 saturated carbocycles. The van der Waals surface area contributed by atoms with Gasteiger partial charge in [-0.2, -0.15) is 0 Å². The fraction of sp³-hybridized carbons (Fsp3) is 0.800. The molecule has 0 aliphatic rings. The molecule has 5 nitrogen and oxygen atoms in total. The summed E-state index contributed by atoms with van der Waals surface area (Å²) in [6, 6.07) is -0.117. The molecule has 2 amide bonds. The predicted molar refractivity (Wildman–Crippen MR) is 57.7 cm³/mol. The van der Waals surface area contributed by atoms with E-state index in [0.717, 1.165) is 0 Å². The Morgan fingerprint density at radius 3 is 2.07 bits per heavy atom. The molecule has 0 rings (SSSR count). The van der Waals surface area contributed by atoms with E-state index >= 15 is 0 Å². The maximum absolute atomic E-state index is 11.7. The number of hydrogen-bond donors (Lipinski definition) is 1. The van der Waals surface area contributed by atoms with Crippen LogP contribution in [0.3, 0.4) is 0 Å². The standard InChI is InChI=1S/C10H20N2O3/c1-5-12(6-2)10(15)11(4)7-8(3)9(13)14/h8H,5-7H2,1-4H3,(H,13,14). The molecule has 0 aromatic carbocycles. The van der Waals surface area contributed by atoms with Gasteiger partial charge in [0.2, 0.25) is 0 Å². The van der Waals surface area contributed by atoms with Gasteiger partial charge in [0.15, 0.2) is 0 Å². The van der Waals surface area contributed by atoms with Crippen LogP contribution in [-0.2, 0) is 4.79 Å². The largest absolute Gasteiger partial charge is 0.481 e. The lowest BCUT2D eigenvalue weighted by Crippen LogP contribution is -2.43. The fourth-order valence-electron chi connectivity index (χ4n) is 1.30. The van der Waals surface area contributed by atoms with E-state index in [0.29, 0.717) is 13.1 Å². The number of amides is 2. The second-order valence-electron chi connectivity index (χ2n) is 3.57. The quantitative estimate of drug-likeness (QED) is 0.748. The van der Waals surface area contributed by atoms with Crippen molar-refractivity contribution in [2.24, 2.45) is 5.92 Å². The van der Waals surface area contributed by atoms with E-state index in [-0.39, 0.29) is 12.6 Å². The van der Waals surface area contributed by atoms with E-state index in [9.17, 15) is 9.59 Å².